The van der Waals surface area contributed by atoms with Gasteiger partial charge in [0.15, 0.2) is 12.4 Å². The van der Waals surface area contributed by atoms with Crippen molar-refractivity contribution >= 4 is 44.7 Å². The van der Waals surface area contributed by atoms with Crippen LogP contribution in [0.2, 0.25) is 5.02 Å². The maximum Gasteiger partial charge on any atom is 0.262 e. The molecule has 0 aliphatic carbocycles. The molecule has 0 unspecified atom stereocenters. The Balaban J connectivity index is 1.65. The number of carbonyl (C=O) groups excluding carboxylic acids is 2. The molecule has 3 rings (SSSR count). The van der Waals surface area contributed by atoms with Crippen LogP contribution >= 0.6 is 11.6 Å². The third-order valence-corrected chi connectivity index (χ3v) is 6.23. The second-order valence-electron chi connectivity index (χ2n) is 7.33. The second-order valence-corrected chi connectivity index (χ2v) is 9.64. The number of halogens is 1. The average Bonchev–Trinajstić information content (AvgIpc) is 2.77. The highest BCUT2D eigenvalue weighted by molar-refractivity contribution is 7.92. The van der Waals surface area contributed by atoms with E-state index in [1.807, 2.05) is 0 Å². The molecule has 1 amide bonds. The van der Waals surface area contributed by atoms with E-state index in [0.29, 0.717) is 33.3 Å². The average molecular weight is 487 g/mol. The molecule has 3 aromatic carbocycles. The van der Waals surface area contributed by atoms with E-state index in [1.54, 1.807) is 72.8 Å². The number of benzene rings is 3. The number of hydrogen-bond acceptors (Lipinski definition) is 5. The number of nitrogens with one attached hydrogen (secondary N) is 1. The van der Waals surface area contributed by atoms with E-state index in [0.717, 1.165) is 6.26 Å². The van der Waals surface area contributed by atoms with Crippen LogP contribution in [-0.2, 0) is 21.4 Å². The van der Waals surface area contributed by atoms with E-state index in [9.17, 15) is 18.0 Å². The van der Waals surface area contributed by atoms with Crippen molar-refractivity contribution in [2.45, 2.75) is 13.5 Å². The zero-order chi connectivity index (χ0) is 24.0. The molecule has 0 saturated carbocycles. The van der Waals surface area contributed by atoms with Crippen LogP contribution in [0.1, 0.15) is 22.8 Å². The fourth-order valence-corrected chi connectivity index (χ4v) is 4.13. The summed E-state index contributed by atoms with van der Waals surface area (Å²) >= 11 is 6.19. The summed E-state index contributed by atoms with van der Waals surface area (Å²) in [6, 6.07) is 20.0. The normalized spacial score (nSPS) is 11.0. The summed E-state index contributed by atoms with van der Waals surface area (Å²) < 4.78 is 31.5. The summed E-state index contributed by atoms with van der Waals surface area (Å²) in [5.74, 6) is -0.0889. The maximum atomic E-state index is 12.4. The first kappa shape index (κ1) is 24.3. The van der Waals surface area contributed by atoms with Crippen molar-refractivity contribution in [2.75, 3.05) is 22.5 Å². The number of ether oxygens (including phenoxy) is 1. The summed E-state index contributed by atoms with van der Waals surface area (Å²) in [6.45, 7) is 1.28. The van der Waals surface area contributed by atoms with Gasteiger partial charge in [0.25, 0.3) is 5.91 Å². The monoisotopic (exact) mass is 486 g/mol. The number of hydrogen-bond donors (Lipinski definition) is 1. The third-order valence-electron chi connectivity index (χ3n) is 4.72. The van der Waals surface area contributed by atoms with E-state index in [4.69, 9.17) is 16.3 Å². The lowest BCUT2D eigenvalue weighted by Crippen LogP contribution is -2.29. The Labute approximate surface area is 198 Å². The number of amides is 1. The Kier molecular flexibility index (Phi) is 7.73. The Hall–Kier alpha value is -3.36. The van der Waals surface area contributed by atoms with E-state index in [1.165, 1.54) is 11.2 Å². The van der Waals surface area contributed by atoms with Crippen molar-refractivity contribution in [3.05, 3.63) is 88.9 Å². The van der Waals surface area contributed by atoms with Gasteiger partial charge in [0.1, 0.15) is 5.75 Å². The summed E-state index contributed by atoms with van der Waals surface area (Å²) in [4.78, 5) is 23.7. The Morgan fingerprint density at radius 2 is 1.70 bits per heavy atom. The van der Waals surface area contributed by atoms with Crippen molar-refractivity contribution < 1.29 is 22.7 Å². The first-order chi connectivity index (χ1) is 15.6. The van der Waals surface area contributed by atoms with Gasteiger partial charge in [-0.15, -0.1) is 0 Å². The van der Waals surface area contributed by atoms with Gasteiger partial charge in [-0.1, -0.05) is 41.9 Å². The molecule has 0 bridgehead atoms. The lowest BCUT2D eigenvalue weighted by atomic mass is 10.1. The molecule has 0 atom stereocenters. The third kappa shape index (κ3) is 6.81. The molecule has 0 aliphatic heterocycles. The summed E-state index contributed by atoms with van der Waals surface area (Å²) in [6.07, 6.45) is 1.12. The number of ketones is 1. The molecule has 3 aromatic rings. The van der Waals surface area contributed by atoms with Crippen LogP contribution < -0.4 is 14.4 Å². The fraction of sp³-hybridized carbons (Fsp3) is 0.167. The van der Waals surface area contributed by atoms with Crippen molar-refractivity contribution in [1.29, 1.82) is 0 Å². The lowest BCUT2D eigenvalue weighted by molar-refractivity contribution is -0.118. The predicted molar refractivity (Wildman–Crippen MR) is 129 cm³/mol. The van der Waals surface area contributed by atoms with Gasteiger partial charge in [-0.05, 0) is 55.0 Å². The van der Waals surface area contributed by atoms with Gasteiger partial charge in [0.05, 0.1) is 18.5 Å². The first-order valence-electron chi connectivity index (χ1n) is 9.98. The van der Waals surface area contributed by atoms with Crippen LogP contribution in [0.3, 0.4) is 0 Å². The van der Waals surface area contributed by atoms with Gasteiger partial charge in [0.2, 0.25) is 10.0 Å². The van der Waals surface area contributed by atoms with E-state index < -0.39 is 15.9 Å². The molecule has 33 heavy (non-hydrogen) atoms. The molecule has 0 aromatic heterocycles. The van der Waals surface area contributed by atoms with Gasteiger partial charge in [-0.25, -0.2) is 8.42 Å². The predicted octanol–water partition coefficient (Wildman–Crippen LogP) is 4.53. The quantitative estimate of drug-likeness (QED) is 0.449. The smallest absolute Gasteiger partial charge is 0.262 e. The molecule has 0 fully saturated rings. The highest BCUT2D eigenvalue weighted by atomic mass is 35.5. The maximum absolute atomic E-state index is 12.4. The molecule has 9 heteroatoms. The molecule has 7 nitrogen and oxygen atoms in total. The molecule has 1 N–H and O–H groups in total. The van der Waals surface area contributed by atoms with Gasteiger partial charge in [-0.3, -0.25) is 13.9 Å². The number of rotatable bonds is 9. The summed E-state index contributed by atoms with van der Waals surface area (Å²) in [5, 5.41) is 3.15. The van der Waals surface area contributed by atoms with Gasteiger partial charge in [0, 0.05) is 16.3 Å². The summed E-state index contributed by atoms with van der Waals surface area (Å²) in [5.41, 5.74) is 2.11. The fourth-order valence-electron chi connectivity index (χ4n) is 3.05. The van der Waals surface area contributed by atoms with Crippen LogP contribution in [0.4, 0.5) is 11.4 Å². The van der Waals surface area contributed by atoms with Crippen LogP contribution in [0.25, 0.3) is 0 Å². The number of anilines is 2. The lowest BCUT2D eigenvalue weighted by Gasteiger charge is -2.23. The van der Waals surface area contributed by atoms with Crippen LogP contribution in [-0.4, -0.2) is 33.0 Å². The molecule has 0 radical (unpaired) electrons. The largest absolute Gasteiger partial charge is 0.484 e. The minimum atomic E-state index is -3.57. The Bertz CT molecular complexity index is 1260. The van der Waals surface area contributed by atoms with Crippen LogP contribution in [0.15, 0.2) is 72.8 Å². The Morgan fingerprint density at radius 3 is 2.33 bits per heavy atom. The molecule has 0 spiro atoms. The van der Waals surface area contributed by atoms with E-state index in [-0.39, 0.29) is 18.9 Å². The van der Waals surface area contributed by atoms with Gasteiger partial charge < -0.3 is 10.1 Å². The van der Waals surface area contributed by atoms with Crippen molar-refractivity contribution in [3.8, 4) is 5.75 Å². The van der Waals surface area contributed by atoms with Gasteiger partial charge in [-0.2, -0.15) is 0 Å². The SMILES string of the molecule is CC(=O)c1cccc(NC(=O)COc2ccc(N(Cc3ccccc3Cl)S(C)(=O)=O)cc2)c1. The van der Waals surface area contributed by atoms with Crippen molar-refractivity contribution in [3.63, 3.8) is 0 Å². The van der Waals surface area contributed by atoms with Crippen LogP contribution in [0, 0.1) is 0 Å². The van der Waals surface area contributed by atoms with Crippen molar-refractivity contribution in [2.24, 2.45) is 0 Å². The number of Topliss-reactive ketones (excluding diaryl/α,β-unsaturated/α-hetero) is 1. The van der Waals surface area contributed by atoms with Crippen molar-refractivity contribution in [1.82, 2.24) is 0 Å². The zero-order valence-electron chi connectivity index (χ0n) is 18.1. The van der Waals surface area contributed by atoms with E-state index in [2.05, 4.69) is 5.32 Å². The van der Waals surface area contributed by atoms with Crippen LogP contribution in [0.5, 0.6) is 5.75 Å². The highest BCUT2D eigenvalue weighted by Gasteiger charge is 2.19. The first-order valence-corrected chi connectivity index (χ1v) is 12.2. The minimum absolute atomic E-state index is 0.0838. The second kappa shape index (κ2) is 10.5. The van der Waals surface area contributed by atoms with Gasteiger partial charge >= 0.3 is 0 Å². The minimum Gasteiger partial charge on any atom is -0.484 e. The molecule has 0 aliphatic rings. The summed E-state index contributed by atoms with van der Waals surface area (Å²) in [7, 11) is -3.57. The molecule has 0 heterocycles. The molecule has 172 valence electrons. The standard InChI is InChI=1S/C24H23ClN2O5S/c1-17(28)18-7-5-8-20(14-18)26-24(29)16-32-22-12-10-21(11-13-22)27(33(2,30)31)15-19-6-3-4-9-23(19)25/h3-14H,15-16H2,1-2H3,(H,26,29). The topological polar surface area (TPSA) is 92.8 Å². The zero-order valence-corrected chi connectivity index (χ0v) is 19.7. The number of carbonyl (C=O) groups is 2. The molecule has 0 saturated heterocycles. The highest BCUT2D eigenvalue weighted by Crippen LogP contribution is 2.26. The number of nitrogens with zero attached hydrogens (tertiary/aromatic N) is 1. The van der Waals surface area contributed by atoms with E-state index >= 15 is 0 Å². The molecular weight excluding hydrogens is 464 g/mol. The Morgan fingerprint density at radius 1 is 1.00 bits per heavy atom. The number of sulfonamides is 1. The molecular formula is C24H23ClN2O5S.